The summed E-state index contributed by atoms with van der Waals surface area (Å²) in [6.45, 7) is 1.81. The highest BCUT2D eigenvalue weighted by Crippen LogP contribution is 2.32. The predicted octanol–water partition coefficient (Wildman–Crippen LogP) is 1.85. The number of halogens is 1. The molecule has 2 N–H and O–H groups in total. The summed E-state index contributed by atoms with van der Waals surface area (Å²) in [6.07, 6.45) is 5.93. The molecule has 0 bridgehead atoms. The van der Waals surface area contributed by atoms with E-state index in [9.17, 15) is 9.18 Å². The smallest absolute Gasteiger partial charge is 0.350 e. The van der Waals surface area contributed by atoms with Crippen molar-refractivity contribution in [1.29, 1.82) is 0 Å². The summed E-state index contributed by atoms with van der Waals surface area (Å²) in [5.74, 6) is -1.00. The van der Waals surface area contributed by atoms with Crippen molar-refractivity contribution in [2.24, 2.45) is 0 Å². The Morgan fingerprint density at radius 1 is 1.13 bits per heavy atom. The minimum atomic E-state index is -0.657. The van der Waals surface area contributed by atoms with Crippen LogP contribution < -0.4 is 11.4 Å². The molecule has 1 aliphatic heterocycles. The van der Waals surface area contributed by atoms with Crippen molar-refractivity contribution in [3.05, 3.63) is 70.0 Å². The number of benzene rings is 1. The van der Waals surface area contributed by atoms with Gasteiger partial charge in [0.1, 0.15) is 0 Å². The summed E-state index contributed by atoms with van der Waals surface area (Å²) in [4.78, 5) is 17.8. The normalized spacial score (nSPS) is 23.3. The molecule has 0 radical (unpaired) electrons. The SMILES string of the molecule is Nc1nc(=O)n([C@H]2C=C[C@H](N3Cc4ccccc4C3)C2)cc1F. The molecular weight excluding hydrogens is 295 g/mol. The number of hydrogen-bond acceptors (Lipinski definition) is 4. The van der Waals surface area contributed by atoms with Gasteiger partial charge in [0.2, 0.25) is 0 Å². The fourth-order valence-corrected chi connectivity index (χ4v) is 3.43. The summed E-state index contributed by atoms with van der Waals surface area (Å²) < 4.78 is 14.9. The molecule has 118 valence electrons. The monoisotopic (exact) mass is 312 g/mol. The minimum absolute atomic E-state index is 0.182. The topological polar surface area (TPSA) is 64.1 Å². The standard InChI is InChI=1S/C17H17FN4O/c18-15-10-22(17(23)20-16(15)19)14-6-5-13(7-14)21-8-11-3-1-2-4-12(11)9-21/h1-6,10,13-14H,7-9H2,(H2,19,20,23)/t13-,14-/m0/s1. The van der Waals surface area contributed by atoms with Crippen molar-refractivity contribution in [1.82, 2.24) is 14.5 Å². The van der Waals surface area contributed by atoms with Crippen molar-refractivity contribution in [2.75, 3.05) is 5.73 Å². The summed E-state index contributed by atoms with van der Waals surface area (Å²) in [7, 11) is 0. The molecule has 0 saturated carbocycles. The highest BCUT2D eigenvalue weighted by molar-refractivity contribution is 5.31. The largest absolute Gasteiger partial charge is 0.381 e. The Morgan fingerprint density at radius 2 is 1.78 bits per heavy atom. The first-order valence-electron chi connectivity index (χ1n) is 7.65. The molecule has 1 aromatic carbocycles. The van der Waals surface area contributed by atoms with Crippen LogP contribution in [-0.4, -0.2) is 20.5 Å². The van der Waals surface area contributed by atoms with E-state index in [1.165, 1.54) is 15.7 Å². The van der Waals surface area contributed by atoms with E-state index in [2.05, 4.69) is 40.2 Å². The van der Waals surface area contributed by atoms with Crippen LogP contribution in [0.25, 0.3) is 0 Å². The van der Waals surface area contributed by atoms with Crippen molar-refractivity contribution in [3.8, 4) is 0 Å². The highest BCUT2D eigenvalue weighted by Gasteiger charge is 2.30. The van der Waals surface area contributed by atoms with E-state index in [4.69, 9.17) is 5.73 Å². The molecule has 1 aromatic heterocycles. The molecule has 0 fully saturated rings. The Kier molecular flexibility index (Phi) is 3.27. The lowest BCUT2D eigenvalue weighted by molar-refractivity contribution is 0.222. The zero-order valence-electron chi connectivity index (χ0n) is 12.5. The van der Waals surface area contributed by atoms with Crippen LogP contribution in [0.15, 0.2) is 47.4 Å². The van der Waals surface area contributed by atoms with Gasteiger partial charge in [0, 0.05) is 25.3 Å². The number of anilines is 1. The molecule has 0 unspecified atom stereocenters. The van der Waals surface area contributed by atoms with Crippen LogP contribution in [0, 0.1) is 5.82 Å². The van der Waals surface area contributed by atoms with Crippen LogP contribution >= 0.6 is 0 Å². The van der Waals surface area contributed by atoms with Crippen LogP contribution in [0.1, 0.15) is 23.6 Å². The van der Waals surface area contributed by atoms with Crippen molar-refractivity contribution < 1.29 is 4.39 Å². The van der Waals surface area contributed by atoms with Gasteiger partial charge in [-0.05, 0) is 17.5 Å². The van der Waals surface area contributed by atoms with Crippen molar-refractivity contribution in [3.63, 3.8) is 0 Å². The van der Waals surface area contributed by atoms with Gasteiger partial charge < -0.3 is 5.73 Å². The molecule has 23 heavy (non-hydrogen) atoms. The Balaban J connectivity index is 1.52. The number of allylic oxidation sites excluding steroid dienone is 1. The first-order valence-corrected chi connectivity index (χ1v) is 7.65. The van der Waals surface area contributed by atoms with E-state index >= 15 is 0 Å². The fraction of sp³-hybridized carbons (Fsp3) is 0.294. The number of nitrogen functional groups attached to an aromatic ring is 1. The molecule has 4 rings (SSSR count). The minimum Gasteiger partial charge on any atom is -0.381 e. The first-order chi connectivity index (χ1) is 11.1. The van der Waals surface area contributed by atoms with Crippen molar-refractivity contribution >= 4 is 5.82 Å². The summed E-state index contributed by atoms with van der Waals surface area (Å²) in [5, 5.41) is 0. The molecule has 5 nitrogen and oxygen atoms in total. The first kappa shape index (κ1) is 14.1. The van der Waals surface area contributed by atoms with Crippen LogP contribution in [-0.2, 0) is 13.1 Å². The Labute approximate surface area is 132 Å². The average Bonchev–Trinajstić information content (AvgIpc) is 3.17. The molecule has 1 aliphatic carbocycles. The number of hydrogen-bond donors (Lipinski definition) is 1. The second-order valence-corrected chi connectivity index (χ2v) is 6.09. The van der Waals surface area contributed by atoms with Gasteiger partial charge >= 0.3 is 5.69 Å². The van der Waals surface area contributed by atoms with Gasteiger partial charge in [0.15, 0.2) is 11.6 Å². The van der Waals surface area contributed by atoms with Crippen LogP contribution in [0.3, 0.4) is 0 Å². The lowest BCUT2D eigenvalue weighted by Gasteiger charge is -2.23. The third-order valence-corrected chi connectivity index (χ3v) is 4.66. The zero-order chi connectivity index (χ0) is 16.0. The molecule has 2 aliphatic rings. The van der Waals surface area contributed by atoms with E-state index in [0.29, 0.717) is 0 Å². The van der Waals surface area contributed by atoms with Gasteiger partial charge in [-0.3, -0.25) is 9.47 Å². The molecular formula is C17H17FN4O. The van der Waals surface area contributed by atoms with Gasteiger partial charge in [-0.1, -0.05) is 36.4 Å². The van der Waals surface area contributed by atoms with Crippen LogP contribution in [0.5, 0.6) is 0 Å². The average molecular weight is 312 g/mol. The predicted molar refractivity (Wildman–Crippen MR) is 85.1 cm³/mol. The summed E-state index contributed by atoms with van der Waals surface area (Å²) in [6, 6.07) is 8.46. The van der Waals surface area contributed by atoms with E-state index in [1.54, 1.807) is 0 Å². The van der Waals surface area contributed by atoms with Gasteiger partial charge in [-0.2, -0.15) is 4.98 Å². The van der Waals surface area contributed by atoms with E-state index in [1.807, 2.05) is 6.08 Å². The number of rotatable bonds is 2. The number of nitrogens with two attached hydrogens (primary N) is 1. The quantitative estimate of drug-likeness (QED) is 0.860. The molecule has 0 saturated heterocycles. The summed E-state index contributed by atoms with van der Waals surface area (Å²) >= 11 is 0. The number of fused-ring (bicyclic) bond motifs is 1. The van der Waals surface area contributed by atoms with Gasteiger partial charge in [-0.25, -0.2) is 9.18 Å². The second kappa shape index (κ2) is 5.31. The second-order valence-electron chi connectivity index (χ2n) is 6.09. The number of aromatic nitrogens is 2. The molecule has 6 heteroatoms. The Bertz CT molecular complexity index is 820. The van der Waals surface area contributed by atoms with E-state index in [-0.39, 0.29) is 17.9 Å². The Hall–Kier alpha value is -2.47. The Morgan fingerprint density at radius 3 is 2.48 bits per heavy atom. The molecule has 2 atom stereocenters. The lowest BCUT2D eigenvalue weighted by Crippen LogP contribution is -2.31. The zero-order valence-corrected chi connectivity index (χ0v) is 12.5. The molecule has 0 spiro atoms. The van der Waals surface area contributed by atoms with Gasteiger partial charge in [-0.15, -0.1) is 0 Å². The van der Waals surface area contributed by atoms with E-state index in [0.717, 1.165) is 25.7 Å². The fourth-order valence-electron chi connectivity index (χ4n) is 3.43. The van der Waals surface area contributed by atoms with Crippen molar-refractivity contribution in [2.45, 2.75) is 31.6 Å². The third-order valence-electron chi connectivity index (χ3n) is 4.66. The maximum Gasteiger partial charge on any atom is 0.350 e. The summed E-state index contributed by atoms with van der Waals surface area (Å²) in [5.41, 5.74) is 7.53. The van der Waals surface area contributed by atoms with Gasteiger partial charge in [0.25, 0.3) is 0 Å². The molecule has 2 heterocycles. The van der Waals surface area contributed by atoms with Gasteiger partial charge in [0.05, 0.1) is 6.04 Å². The molecule has 0 amide bonds. The lowest BCUT2D eigenvalue weighted by atomic mass is 10.1. The van der Waals surface area contributed by atoms with Crippen LogP contribution in [0.4, 0.5) is 10.2 Å². The third kappa shape index (κ3) is 2.45. The maximum atomic E-state index is 13.6. The van der Waals surface area contributed by atoms with Crippen LogP contribution in [0.2, 0.25) is 0 Å². The van der Waals surface area contributed by atoms with E-state index < -0.39 is 11.5 Å². The highest BCUT2D eigenvalue weighted by atomic mass is 19.1. The number of nitrogens with zero attached hydrogens (tertiary/aromatic N) is 3. The molecule has 2 aromatic rings. The maximum absolute atomic E-state index is 13.6.